The number of benzene rings is 1. The first-order chi connectivity index (χ1) is 7.66. The second-order valence-corrected chi connectivity index (χ2v) is 4.89. The third kappa shape index (κ3) is 2.28. The predicted octanol–water partition coefficient (Wildman–Crippen LogP) is 2.18. The van der Waals surface area contributed by atoms with Gasteiger partial charge in [-0.25, -0.2) is 4.98 Å². The van der Waals surface area contributed by atoms with Crippen molar-refractivity contribution in [2.24, 2.45) is 0 Å². The summed E-state index contributed by atoms with van der Waals surface area (Å²) in [5, 5.41) is 10.5. The van der Waals surface area contributed by atoms with Gasteiger partial charge in [-0.05, 0) is 23.7 Å². The van der Waals surface area contributed by atoms with Gasteiger partial charge in [-0.1, -0.05) is 11.8 Å². The molecule has 0 saturated carbocycles. The Morgan fingerprint density at radius 2 is 2.31 bits per heavy atom. The summed E-state index contributed by atoms with van der Waals surface area (Å²) in [6, 6.07) is 4.59. The van der Waals surface area contributed by atoms with Crippen molar-refractivity contribution >= 4 is 34.7 Å². The molecule has 1 heterocycles. The molecule has 82 valence electrons. The van der Waals surface area contributed by atoms with Gasteiger partial charge in [0.15, 0.2) is 4.34 Å². The smallest absolute Gasteiger partial charge is 0.292 e. The van der Waals surface area contributed by atoms with E-state index in [4.69, 9.17) is 5.73 Å². The number of nitro benzene ring substituents is 1. The molecule has 0 amide bonds. The molecule has 0 radical (unpaired) electrons. The molecule has 0 unspecified atom stereocenters. The zero-order valence-corrected chi connectivity index (χ0v) is 9.49. The van der Waals surface area contributed by atoms with Crippen LogP contribution in [0.5, 0.6) is 0 Å². The minimum Gasteiger partial charge on any atom is -0.393 e. The molecule has 0 aliphatic carbocycles. The highest BCUT2D eigenvalue weighted by Gasteiger charge is 2.12. The molecule has 0 bridgehead atoms. The number of nitrogen functional groups attached to an aromatic ring is 1. The lowest BCUT2D eigenvalue weighted by Gasteiger charge is -2.00. The minimum absolute atomic E-state index is 0.0818. The molecule has 0 spiro atoms. The van der Waals surface area contributed by atoms with Gasteiger partial charge in [0.05, 0.1) is 4.92 Å². The summed E-state index contributed by atoms with van der Waals surface area (Å²) in [7, 11) is 0. The van der Waals surface area contributed by atoms with Gasteiger partial charge in [0, 0.05) is 11.0 Å². The normalized spacial score (nSPS) is 10.2. The molecule has 0 aliphatic rings. The Balaban J connectivity index is 2.24. The van der Waals surface area contributed by atoms with E-state index in [2.05, 4.69) is 9.36 Å². The van der Waals surface area contributed by atoms with Crippen LogP contribution in [0.15, 0.2) is 33.8 Å². The molecule has 0 saturated heterocycles. The maximum atomic E-state index is 10.5. The fourth-order valence-corrected chi connectivity index (χ4v) is 2.54. The first-order valence-corrected chi connectivity index (χ1v) is 5.74. The van der Waals surface area contributed by atoms with Gasteiger partial charge in [0.25, 0.3) is 5.69 Å². The standard InChI is InChI=1S/C8H6N4O2S2/c9-6-3-5(1-2-7(6)12(13)14)15-8-10-4-11-16-8/h1-4H,9H2. The van der Waals surface area contributed by atoms with Crippen LogP contribution in [0.3, 0.4) is 0 Å². The Labute approximate surface area is 98.8 Å². The number of nitro groups is 1. The topological polar surface area (TPSA) is 94.9 Å². The van der Waals surface area contributed by atoms with Crippen LogP contribution in [0.2, 0.25) is 0 Å². The average Bonchev–Trinajstić information content (AvgIpc) is 2.70. The van der Waals surface area contributed by atoms with Crippen molar-refractivity contribution in [2.45, 2.75) is 9.24 Å². The van der Waals surface area contributed by atoms with Crippen molar-refractivity contribution in [3.63, 3.8) is 0 Å². The van der Waals surface area contributed by atoms with Crippen LogP contribution >= 0.6 is 23.3 Å². The van der Waals surface area contributed by atoms with Crippen molar-refractivity contribution in [3.8, 4) is 0 Å². The van der Waals surface area contributed by atoms with Crippen LogP contribution in [0.4, 0.5) is 11.4 Å². The number of aromatic nitrogens is 2. The van der Waals surface area contributed by atoms with Crippen LogP contribution in [0.25, 0.3) is 0 Å². The fourth-order valence-electron chi connectivity index (χ4n) is 1.07. The average molecular weight is 254 g/mol. The monoisotopic (exact) mass is 254 g/mol. The zero-order valence-electron chi connectivity index (χ0n) is 7.86. The van der Waals surface area contributed by atoms with Crippen molar-refractivity contribution < 1.29 is 4.92 Å². The lowest BCUT2D eigenvalue weighted by atomic mass is 10.3. The summed E-state index contributed by atoms with van der Waals surface area (Å²) >= 11 is 2.63. The SMILES string of the molecule is Nc1cc(Sc2ncns2)ccc1[N+](=O)[O-]. The Kier molecular flexibility index (Phi) is 3.02. The van der Waals surface area contributed by atoms with Crippen molar-refractivity contribution in [1.29, 1.82) is 0 Å². The second kappa shape index (κ2) is 4.45. The maximum Gasteiger partial charge on any atom is 0.292 e. The molecule has 1 aromatic heterocycles. The summed E-state index contributed by atoms with van der Waals surface area (Å²) in [5.41, 5.74) is 5.63. The molecule has 2 N–H and O–H groups in total. The molecule has 0 aliphatic heterocycles. The Hall–Kier alpha value is -1.67. The van der Waals surface area contributed by atoms with Gasteiger partial charge >= 0.3 is 0 Å². The molecule has 2 aromatic rings. The van der Waals surface area contributed by atoms with Gasteiger partial charge in [0.2, 0.25) is 0 Å². The van der Waals surface area contributed by atoms with Crippen LogP contribution in [0.1, 0.15) is 0 Å². The number of rotatable bonds is 3. The van der Waals surface area contributed by atoms with Crippen molar-refractivity contribution in [2.75, 3.05) is 5.73 Å². The Bertz CT molecular complexity index is 515. The lowest BCUT2D eigenvalue weighted by Crippen LogP contribution is -1.95. The summed E-state index contributed by atoms with van der Waals surface area (Å²) < 4.78 is 4.63. The summed E-state index contributed by atoms with van der Waals surface area (Å²) in [5.74, 6) is 0. The maximum absolute atomic E-state index is 10.5. The highest BCUT2D eigenvalue weighted by atomic mass is 32.2. The third-order valence-corrected chi connectivity index (χ3v) is 3.45. The number of anilines is 1. The van der Waals surface area contributed by atoms with Crippen LogP contribution in [-0.4, -0.2) is 14.3 Å². The molecular weight excluding hydrogens is 248 g/mol. The molecule has 0 fully saturated rings. The van der Waals surface area contributed by atoms with E-state index in [1.165, 1.54) is 35.7 Å². The highest BCUT2D eigenvalue weighted by molar-refractivity contribution is 8.01. The van der Waals surface area contributed by atoms with Crippen LogP contribution in [-0.2, 0) is 0 Å². The molecule has 6 nitrogen and oxygen atoms in total. The number of nitrogens with two attached hydrogens (primary N) is 1. The minimum atomic E-state index is -0.505. The summed E-state index contributed by atoms with van der Waals surface area (Å²) in [6.45, 7) is 0. The predicted molar refractivity (Wildman–Crippen MR) is 61.5 cm³/mol. The first-order valence-electron chi connectivity index (χ1n) is 4.15. The van der Waals surface area contributed by atoms with E-state index in [-0.39, 0.29) is 11.4 Å². The molecule has 2 rings (SSSR count). The van der Waals surface area contributed by atoms with Crippen LogP contribution < -0.4 is 5.73 Å². The molecule has 16 heavy (non-hydrogen) atoms. The number of hydrogen-bond acceptors (Lipinski definition) is 7. The summed E-state index contributed by atoms with van der Waals surface area (Å²) in [4.78, 5) is 14.8. The molecular formula is C8H6N4O2S2. The molecule has 0 atom stereocenters. The van der Waals surface area contributed by atoms with Gasteiger partial charge in [-0.15, -0.1) is 0 Å². The second-order valence-electron chi connectivity index (χ2n) is 2.79. The number of nitrogens with zero attached hydrogens (tertiary/aromatic N) is 3. The van der Waals surface area contributed by atoms with Crippen LogP contribution in [0, 0.1) is 10.1 Å². The van der Waals surface area contributed by atoms with E-state index in [0.717, 1.165) is 9.24 Å². The quantitative estimate of drug-likeness (QED) is 0.512. The van der Waals surface area contributed by atoms with Gasteiger partial charge in [-0.2, -0.15) is 4.37 Å². The van der Waals surface area contributed by atoms with E-state index < -0.39 is 4.92 Å². The zero-order chi connectivity index (χ0) is 11.5. The van der Waals surface area contributed by atoms with Crippen molar-refractivity contribution in [3.05, 3.63) is 34.6 Å². The fraction of sp³-hybridized carbons (Fsp3) is 0. The Morgan fingerprint density at radius 3 is 2.88 bits per heavy atom. The van der Waals surface area contributed by atoms with E-state index in [1.807, 2.05) is 0 Å². The lowest BCUT2D eigenvalue weighted by molar-refractivity contribution is -0.383. The van der Waals surface area contributed by atoms with Gasteiger partial charge in [-0.3, -0.25) is 10.1 Å². The third-order valence-electron chi connectivity index (χ3n) is 1.74. The molecule has 1 aromatic carbocycles. The largest absolute Gasteiger partial charge is 0.393 e. The van der Waals surface area contributed by atoms with E-state index in [9.17, 15) is 10.1 Å². The summed E-state index contributed by atoms with van der Waals surface area (Å²) in [6.07, 6.45) is 1.46. The molecule has 8 heteroatoms. The Morgan fingerprint density at radius 1 is 1.50 bits per heavy atom. The van der Waals surface area contributed by atoms with E-state index in [0.29, 0.717) is 0 Å². The van der Waals surface area contributed by atoms with Gasteiger partial charge < -0.3 is 5.73 Å². The van der Waals surface area contributed by atoms with Crippen molar-refractivity contribution in [1.82, 2.24) is 9.36 Å². The number of hydrogen-bond donors (Lipinski definition) is 1. The first kappa shape index (κ1) is 10.8. The van der Waals surface area contributed by atoms with E-state index >= 15 is 0 Å². The highest BCUT2D eigenvalue weighted by Crippen LogP contribution is 2.32. The van der Waals surface area contributed by atoms with E-state index in [1.54, 1.807) is 12.1 Å². The van der Waals surface area contributed by atoms with Gasteiger partial charge in [0.1, 0.15) is 12.0 Å².